The van der Waals surface area contributed by atoms with Crippen molar-refractivity contribution >= 4 is 11.4 Å². The summed E-state index contributed by atoms with van der Waals surface area (Å²) in [4.78, 5) is 4.77. The first-order valence-corrected chi connectivity index (χ1v) is 6.97. The number of nitrogens with zero attached hydrogens (tertiary/aromatic N) is 2. The Morgan fingerprint density at radius 1 is 1.16 bits per heavy atom. The fourth-order valence-electron chi connectivity index (χ4n) is 2.44. The Labute approximate surface area is 116 Å². The Hall–Kier alpha value is -1.42. The maximum atomic E-state index is 6.04. The topological polar surface area (TPSA) is 41.7 Å². The summed E-state index contributed by atoms with van der Waals surface area (Å²) in [5.74, 6) is 0.800. The molecular formula is C15H25N3O. The fourth-order valence-corrected chi connectivity index (χ4v) is 2.44. The lowest BCUT2D eigenvalue weighted by Crippen LogP contribution is -2.44. The molecule has 2 rings (SSSR count). The third-order valence-corrected chi connectivity index (χ3v) is 3.53. The van der Waals surface area contributed by atoms with Gasteiger partial charge in [-0.15, -0.1) is 0 Å². The predicted molar refractivity (Wildman–Crippen MR) is 81.1 cm³/mol. The zero-order valence-corrected chi connectivity index (χ0v) is 12.4. The maximum Gasteiger partial charge on any atom is 0.144 e. The molecule has 4 heteroatoms. The van der Waals surface area contributed by atoms with E-state index in [4.69, 9.17) is 10.5 Å². The average Bonchev–Trinajstić information content (AvgIpc) is 2.33. The van der Waals surface area contributed by atoms with Crippen LogP contribution in [0, 0.1) is 6.92 Å². The molecule has 4 nitrogen and oxygen atoms in total. The molecule has 0 spiro atoms. The van der Waals surface area contributed by atoms with Crippen molar-refractivity contribution in [3.05, 3.63) is 17.7 Å². The van der Waals surface area contributed by atoms with Crippen LogP contribution in [0.2, 0.25) is 0 Å². The van der Waals surface area contributed by atoms with E-state index in [-0.39, 0.29) is 6.10 Å². The van der Waals surface area contributed by atoms with Crippen molar-refractivity contribution in [3.8, 4) is 5.75 Å². The SMILES string of the molecule is Cc1cc(N)c(OC(C)C)cc1N1CCN(C)CC1. The third kappa shape index (κ3) is 3.32. The second-order valence-corrected chi connectivity index (χ2v) is 5.63. The standard InChI is InChI=1S/C15H25N3O/c1-11(2)19-15-10-14(12(3)9-13(15)16)18-7-5-17(4)6-8-18/h9-11H,5-8,16H2,1-4H3. The van der Waals surface area contributed by atoms with Gasteiger partial charge in [0.05, 0.1) is 11.8 Å². The largest absolute Gasteiger partial charge is 0.489 e. The van der Waals surface area contributed by atoms with Gasteiger partial charge in [-0.05, 0) is 39.4 Å². The maximum absolute atomic E-state index is 6.04. The molecule has 1 aliphatic heterocycles. The summed E-state index contributed by atoms with van der Waals surface area (Å²) in [6, 6.07) is 4.11. The minimum Gasteiger partial charge on any atom is -0.489 e. The van der Waals surface area contributed by atoms with Gasteiger partial charge in [0.1, 0.15) is 5.75 Å². The number of benzene rings is 1. The number of hydrogen-bond acceptors (Lipinski definition) is 4. The molecule has 1 fully saturated rings. The molecular weight excluding hydrogens is 238 g/mol. The van der Waals surface area contributed by atoms with E-state index in [0.29, 0.717) is 0 Å². The average molecular weight is 263 g/mol. The van der Waals surface area contributed by atoms with Gasteiger partial charge in [0, 0.05) is 37.9 Å². The van der Waals surface area contributed by atoms with Crippen LogP contribution in [0.25, 0.3) is 0 Å². The second-order valence-electron chi connectivity index (χ2n) is 5.63. The van der Waals surface area contributed by atoms with Crippen LogP contribution in [0.1, 0.15) is 19.4 Å². The first-order valence-electron chi connectivity index (χ1n) is 6.97. The fraction of sp³-hybridized carbons (Fsp3) is 0.600. The molecule has 0 atom stereocenters. The van der Waals surface area contributed by atoms with Gasteiger partial charge in [-0.3, -0.25) is 0 Å². The molecule has 2 N–H and O–H groups in total. The molecule has 106 valence electrons. The first-order chi connectivity index (χ1) is 8.97. The van der Waals surface area contributed by atoms with E-state index >= 15 is 0 Å². The highest BCUT2D eigenvalue weighted by Gasteiger charge is 2.18. The third-order valence-electron chi connectivity index (χ3n) is 3.53. The van der Waals surface area contributed by atoms with Gasteiger partial charge >= 0.3 is 0 Å². The monoisotopic (exact) mass is 263 g/mol. The summed E-state index contributed by atoms with van der Waals surface area (Å²) in [6.07, 6.45) is 0.144. The van der Waals surface area contributed by atoms with Crippen LogP contribution in [0.3, 0.4) is 0 Å². The van der Waals surface area contributed by atoms with Crippen molar-refractivity contribution in [1.29, 1.82) is 0 Å². The molecule has 1 heterocycles. The zero-order chi connectivity index (χ0) is 14.0. The van der Waals surface area contributed by atoms with E-state index in [1.165, 1.54) is 11.3 Å². The molecule has 19 heavy (non-hydrogen) atoms. The van der Waals surface area contributed by atoms with E-state index in [1.54, 1.807) is 0 Å². The van der Waals surface area contributed by atoms with Crippen LogP contribution in [-0.4, -0.2) is 44.2 Å². The summed E-state index contributed by atoms with van der Waals surface area (Å²) in [5, 5.41) is 0. The summed E-state index contributed by atoms with van der Waals surface area (Å²) >= 11 is 0. The summed E-state index contributed by atoms with van der Waals surface area (Å²) in [7, 11) is 2.17. The lowest BCUT2D eigenvalue weighted by molar-refractivity contribution is 0.243. The lowest BCUT2D eigenvalue weighted by Gasteiger charge is -2.35. The quantitative estimate of drug-likeness (QED) is 0.848. The number of ether oxygens (including phenoxy) is 1. The van der Waals surface area contributed by atoms with Crippen molar-refractivity contribution in [2.75, 3.05) is 43.9 Å². The predicted octanol–water partition coefficient (Wildman–Crippen LogP) is 2.12. The second kappa shape index (κ2) is 5.70. The molecule has 1 aromatic rings. The summed E-state index contributed by atoms with van der Waals surface area (Å²) < 4.78 is 5.79. The van der Waals surface area contributed by atoms with Crippen LogP contribution in [0.5, 0.6) is 5.75 Å². The van der Waals surface area contributed by atoms with Crippen LogP contribution >= 0.6 is 0 Å². The molecule has 1 saturated heterocycles. The smallest absolute Gasteiger partial charge is 0.144 e. The molecule has 0 aromatic heterocycles. The van der Waals surface area contributed by atoms with Gasteiger partial charge < -0.3 is 20.3 Å². The van der Waals surface area contributed by atoms with Crippen molar-refractivity contribution in [2.45, 2.75) is 26.9 Å². The van der Waals surface area contributed by atoms with E-state index in [0.717, 1.165) is 37.6 Å². The van der Waals surface area contributed by atoms with Crippen molar-refractivity contribution in [1.82, 2.24) is 4.90 Å². The molecule has 0 unspecified atom stereocenters. The van der Waals surface area contributed by atoms with Gasteiger partial charge in [-0.2, -0.15) is 0 Å². The number of aryl methyl sites for hydroxylation is 1. The van der Waals surface area contributed by atoms with Crippen LogP contribution in [-0.2, 0) is 0 Å². The highest BCUT2D eigenvalue weighted by Crippen LogP contribution is 2.32. The van der Waals surface area contributed by atoms with E-state index < -0.39 is 0 Å². The molecule has 0 amide bonds. The minimum absolute atomic E-state index is 0.144. The van der Waals surface area contributed by atoms with E-state index in [2.05, 4.69) is 29.8 Å². The normalized spacial score (nSPS) is 17.0. The van der Waals surface area contributed by atoms with Gasteiger partial charge in [0.2, 0.25) is 0 Å². The Kier molecular flexibility index (Phi) is 4.20. The Balaban J connectivity index is 2.24. The Morgan fingerprint density at radius 2 is 1.79 bits per heavy atom. The van der Waals surface area contributed by atoms with E-state index in [9.17, 15) is 0 Å². The van der Waals surface area contributed by atoms with Crippen molar-refractivity contribution in [2.24, 2.45) is 0 Å². The lowest BCUT2D eigenvalue weighted by atomic mass is 10.1. The zero-order valence-electron chi connectivity index (χ0n) is 12.4. The Bertz CT molecular complexity index is 437. The number of anilines is 2. The number of nitrogens with two attached hydrogens (primary N) is 1. The van der Waals surface area contributed by atoms with Crippen LogP contribution in [0.4, 0.5) is 11.4 Å². The Morgan fingerprint density at radius 3 is 2.37 bits per heavy atom. The number of rotatable bonds is 3. The van der Waals surface area contributed by atoms with Crippen LogP contribution < -0.4 is 15.4 Å². The highest BCUT2D eigenvalue weighted by molar-refractivity contribution is 5.66. The van der Waals surface area contributed by atoms with Gasteiger partial charge in [-0.1, -0.05) is 0 Å². The molecule has 1 aliphatic rings. The van der Waals surface area contributed by atoms with Gasteiger partial charge in [0.25, 0.3) is 0 Å². The van der Waals surface area contributed by atoms with E-state index in [1.807, 2.05) is 19.9 Å². The molecule has 0 bridgehead atoms. The van der Waals surface area contributed by atoms with Gasteiger partial charge in [0.15, 0.2) is 0 Å². The number of hydrogen-bond donors (Lipinski definition) is 1. The summed E-state index contributed by atoms with van der Waals surface area (Å²) in [6.45, 7) is 10.5. The number of nitrogen functional groups attached to an aromatic ring is 1. The van der Waals surface area contributed by atoms with Gasteiger partial charge in [-0.25, -0.2) is 0 Å². The van der Waals surface area contributed by atoms with Crippen molar-refractivity contribution < 1.29 is 4.74 Å². The molecule has 0 aliphatic carbocycles. The minimum atomic E-state index is 0.144. The first kappa shape index (κ1) is 14.0. The summed E-state index contributed by atoms with van der Waals surface area (Å²) in [5.41, 5.74) is 9.23. The van der Waals surface area contributed by atoms with Crippen molar-refractivity contribution in [3.63, 3.8) is 0 Å². The molecule has 0 saturated carbocycles. The highest BCUT2D eigenvalue weighted by atomic mass is 16.5. The van der Waals surface area contributed by atoms with Crippen LogP contribution in [0.15, 0.2) is 12.1 Å². The number of piperazine rings is 1. The number of likely N-dealkylation sites (N-methyl/N-ethyl adjacent to an activating group) is 1. The molecule has 0 radical (unpaired) electrons. The molecule has 1 aromatic carbocycles.